The van der Waals surface area contributed by atoms with E-state index in [9.17, 15) is 4.79 Å². The Morgan fingerprint density at radius 3 is 2.04 bits per heavy atom. The summed E-state index contributed by atoms with van der Waals surface area (Å²) in [7, 11) is -1.57. The first-order valence-corrected chi connectivity index (χ1v) is 12.9. The molecule has 1 unspecified atom stereocenters. The molecule has 1 aromatic rings. The molecule has 0 saturated carbocycles. The summed E-state index contributed by atoms with van der Waals surface area (Å²) in [5.74, 6) is -0.605. The molecule has 2 nitrogen and oxygen atoms in total. The first-order chi connectivity index (χ1) is 11.1. The van der Waals surface area contributed by atoms with E-state index in [1.165, 1.54) is 10.5 Å². The largest absolute Gasteiger partial charge is 0.481 e. The molecule has 0 saturated heterocycles. The second-order valence-corrected chi connectivity index (χ2v) is 16.3. The van der Waals surface area contributed by atoms with Crippen LogP contribution in [0.1, 0.15) is 72.8 Å². The van der Waals surface area contributed by atoms with Crippen LogP contribution in [0.5, 0.6) is 0 Å². The summed E-state index contributed by atoms with van der Waals surface area (Å²) < 4.78 is 0. The Morgan fingerprint density at radius 1 is 1.08 bits per heavy atom. The van der Waals surface area contributed by atoms with Gasteiger partial charge in [-0.05, 0) is 46.7 Å². The summed E-state index contributed by atoms with van der Waals surface area (Å²) in [6, 6.07) is 8.64. The molecule has 0 amide bonds. The summed E-state index contributed by atoms with van der Waals surface area (Å²) in [4.78, 5) is 12.4. The molecule has 1 rings (SSSR count). The topological polar surface area (TPSA) is 37.3 Å². The number of benzene rings is 1. The highest BCUT2D eigenvalue weighted by atomic mass is 32.4. The molecular weight excluding hydrogens is 332 g/mol. The van der Waals surface area contributed by atoms with Crippen molar-refractivity contribution in [3.05, 3.63) is 29.8 Å². The minimum absolute atomic E-state index is 0.108. The standard InChI is InChI=1S/C20H34O2SSi/c1-8-17(13-20(21)22)18-10-9-11-19(12-18)23-24(14(2)3,15(4)5)16(6)7/h9-12,14-17H,8,13H2,1-7H3,(H,21,22). The molecule has 0 aromatic heterocycles. The van der Waals surface area contributed by atoms with Crippen LogP contribution < -0.4 is 0 Å². The smallest absolute Gasteiger partial charge is 0.303 e. The Morgan fingerprint density at radius 2 is 1.62 bits per heavy atom. The fourth-order valence-electron chi connectivity index (χ4n) is 4.10. The lowest BCUT2D eigenvalue weighted by Gasteiger charge is -2.42. The van der Waals surface area contributed by atoms with Crippen LogP contribution in [0.4, 0.5) is 0 Å². The quantitative estimate of drug-likeness (QED) is 0.482. The summed E-state index contributed by atoms with van der Waals surface area (Å²) in [5.41, 5.74) is 3.27. The van der Waals surface area contributed by atoms with Crippen molar-refractivity contribution in [1.29, 1.82) is 0 Å². The molecule has 0 aliphatic heterocycles. The van der Waals surface area contributed by atoms with Gasteiger partial charge in [0.15, 0.2) is 0 Å². The van der Waals surface area contributed by atoms with E-state index in [1.807, 2.05) is 0 Å². The Balaban J connectivity index is 3.18. The molecular formula is C20H34O2SSi. The number of hydrogen-bond acceptors (Lipinski definition) is 2. The van der Waals surface area contributed by atoms with Gasteiger partial charge in [-0.2, -0.15) is 11.2 Å². The number of carbonyl (C=O) groups is 1. The summed E-state index contributed by atoms with van der Waals surface area (Å²) in [5, 5.41) is 9.15. The van der Waals surface area contributed by atoms with Crippen molar-refractivity contribution >= 4 is 24.4 Å². The first-order valence-electron chi connectivity index (χ1n) is 9.15. The van der Waals surface area contributed by atoms with E-state index < -0.39 is 13.2 Å². The third kappa shape index (κ3) is 4.88. The second-order valence-electron chi connectivity index (χ2n) is 7.70. The van der Waals surface area contributed by atoms with Crippen molar-refractivity contribution in [2.24, 2.45) is 0 Å². The second kappa shape index (κ2) is 9.09. The van der Waals surface area contributed by atoms with Crippen LogP contribution >= 0.6 is 11.2 Å². The summed E-state index contributed by atoms with van der Waals surface area (Å²) in [6.07, 6.45) is 1.08. The lowest BCUT2D eigenvalue weighted by atomic mass is 9.93. The highest BCUT2D eigenvalue weighted by molar-refractivity contribution is 8.29. The SMILES string of the molecule is CCC(CC(=O)O)c1cccc(S[Si](C(C)C)(C(C)C)C(C)C)c1. The highest BCUT2D eigenvalue weighted by Crippen LogP contribution is 2.52. The molecule has 0 fully saturated rings. The van der Waals surface area contributed by atoms with Gasteiger partial charge in [-0.3, -0.25) is 4.79 Å². The van der Waals surface area contributed by atoms with Crippen LogP contribution in [0.15, 0.2) is 29.2 Å². The van der Waals surface area contributed by atoms with Gasteiger partial charge in [0, 0.05) is 4.90 Å². The zero-order chi connectivity index (χ0) is 18.5. The third-order valence-corrected chi connectivity index (χ3v) is 17.5. The molecule has 0 radical (unpaired) electrons. The minimum Gasteiger partial charge on any atom is -0.481 e. The maximum Gasteiger partial charge on any atom is 0.303 e. The molecule has 0 spiro atoms. The normalized spacial score (nSPS) is 13.8. The monoisotopic (exact) mass is 366 g/mol. The van der Waals surface area contributed by atoms with Crippen LogP contribution in [0.25, 0.3) is 0 Å². The van der Waals surface area contributed by atoms with Crippen molar-refractivity contribution in [2.45, 2.75) is 88.7 Å². The first kappa shape index (κ1) is 21.3. The Labute approximate surface area is 153 Å². The van der Waals surface area contributed by atoms with E-state index in [0.717, 1.165) is 6.42 Å². The zero-order valence-corrected chi connectivity index (χ0v) is 18.1. The lowest BCUT2D eigenvalue weighted by Crippen LogP contribution is -2.40. The molecule has 1 N–H and O–H groups in total. The summed E-state index contributed by atoms with van der Waals surface area (Å²) in [6.45, 7) is 16.3. The van der Waals surface area contributed by atoms with Gasteiger partial charge >= 0.3 is 5.97 Å². The van der Waals surface area contributed by atoms with Gasteiger partial charge in [-0.1, -0.05) is 60.6 Å². The molecule has 0 aliphatic rings. The van der Waals surface area contributed by atoms with Crippen molar-refractivity contribution in [2.75, 3.05) is 0 Å². The predicted octanol–water partition coefficient (Wildman–Crippen LogP) is 6.92. The Hall–Kier alpha value is -0.743. The number of rotatable bonds is 9. The molecule has 24 heavy (non-hydrogen) atoms. The van der Waals surface area contributed by atoms with E-state index in [0.29, 0.717) is 16.6 Å². The number of aliphatic carboxylic acids is 1. The summed E-state index contributed by atoms with van der Waals surface area (Å²) >= 11 is 2.11. The van der Waals surface area contributed by atoms with Crippen molar-refractivity contribution in [1.82, 2.24) is 0 Å². The Bertz CT molecular complexity index is 518. The molecule has 136 valence electrons. The maximum absolute atomic E-state index is 11.1. The molecule has 0 heterocycles. The highest BCUT2D eigenvalue weighted by Gasteiger charge is 2.44. The fraction of sp³-hybridized carbons (Fsp3) is 0.650. The minimum atomic E-state index is -1.57. The van der Waals surface area contributed by atoms with Gasteiger partial charge in [0.25, 0.3) is 0 Å². The number of hydrogen-bond donors (Lipinski definition) is 1. The average Bonchev–Trinajstić information content (AvgIpc) is 2.49. The van der Waals surface area contributed by atoms with E-state index in [4.69, 9.17) is 5.11 Å². The van der Waals surface area contributed by atoms with Crippen molar-refractivity contribution in [3.8, 4) is 0 Å². The van der Waals surface area contributed by atoms with E-state index in [1.54, 1.807) is 0 Å². The zero-order valence-electron chi connectivity index (χ0n) is 16.3. The fourth-order valence-corrected chi connectivity index (χ4v) is 13.3. The molecule has 1 atom stereocenters. The van der Waals surface area contributed by atoms with Crippen molar-refractivity contribution in [3.63, 3.8) is 0 Å². The van der Waals surface area contributed by atoms with Crippen molar-refractivity contribution < 1.29 is 9.90 Å². The van der Waals surface area contributed by atoms with E-state index in [-0.39, 0.29) is 12.3 Å². The van der Waals surface area contributed by atoms with Gasteiger partial charge in [0.2, 0.25) is 0 Å². The molecule has 1 aromatic carbocycles. The molecule has 0 bridgehead atoms. The van der Waals surface area contributed by atoms with Gasteiger partial charge in [-0.25, -0.2) is 0 Å². The number of carboxylic acids is 1. The third-order valence-electron chi connectivity index (χ3n) is 5.25. The van der Waals surface area contributed by atoms with Gasteiger partial charge < -0.3 is 5.11 Å². The Kier molecular flexibility index (Phi) is 8.07. The van der Waals surface area contributed by atoms with Crippen LogP contribution in [-0.4, -0.2) is 18.3 Å². The average molecular weight is 367 g/mol. The van der Waals surface area contributed by atoms with Gasteiger partial charge in [0.05, 0.1) is 6.42 Å². The van der Waals surface area contributed by atoms with E-state index in [2.05, 4.69) is 83.9 Å². The van der Waals surface area contributed by atoms with Crippen LogP contribution in [0.3, 0.4) is 0 Å². The maximum atomic E-state index is 11.1. The molecule has 4 heteroatoms. The van der Waals surface area contributed by atoms with E-state index >= 15 is 0 Å². The van der Waals surface area contributed by atoms with Gasteiger partial charge in [-0.15, -0.1) is 0 Å². The number of carboxylic acid groups (broad SMARTS) is 1. The molecule has 0 aliphatic carbocycles. The van der Waals surface area contributed by atoms with Gasteiger partial charge in [0.1, 0.15) is 7.22 Å². The lowest BCUT2D eigenvalue weighted by molar-refractivity contribution is -0.137. The van der Waals surface area contributed by atoms with Crippen LogP contribution in [-0.2, 0) is 4.79 Å². The van der Waals surface area contributed by atoms with Crippen LogP contribution in [0.2, 0.25) is 16.6 Å². The predicted molar refractivity (Wildman–Crippen MR) is 109 cm³/mol. The van der Waals surface area contributed by atoms with Crippen LogP contribution in [0, 0.1) is 0 Å².